The molecule has 0 aliphatic carbocycles. The second kappa shape index (κ2) is 13.3. The first kappa shape index (κ1) is 32.4. The molecule has 0 amide bonds. The fraction of sp³-hybridized carbons (Fsp3) is 0.0196. The highest BCUT2D eigenvalue weighted by Gasteiger charge is 2.23. The summed E-state index contributed by atoms with van der Waals surface area (Å²) in [6, 6.07) is 69.3. The Balaban J connectivity index is 1.07. The van der Waals surface area contributed by atoms with Crippen LogP contribution >= 0.6 is 11.3 Å². The van der Waals surface area contributed by atoms with E-state index in [1.165, 1.54) is 58.7 Å². The van der Waals surface area contributed by atoms with Crippen molar-refractivity contribution in [2.24, 2.45) is 9.98 Å². The Morgan fingerprint density at radius 2 is 1.16 bits per heavy atom. The molecule has 1 aliphatic rings. The fourth-order valence-corrected chi connectivity index (χ4v) is 9.35. The maximum atomic E-state index is 5.25. The van der Waals surface area contributed by atoms with Crippen LogP contribution in [0.3, 0.4) is 0 Å². The number of nitrogens with one attached hydrogen (secondary N) is 1. The van der Waals surface area contributed by atoms with Crippen LogP contribution in [0.25, 0.3) is 69.9 Å². The molecule has 0 bridgehead atoms. The van der Waals surface area contributed by atoms with Gasteiger partial charge in [0.2, 0.25) is 0 Å². The number of amidine groups is 2. The van der Waals surface area contributed by atoms with Crippen molar-refractivity contribution in [3.63, 3.8) is 0 Å². The average molecular weight is 735 g/mol. The molecule has 8 aromatic carbocycles. The van der Waals surface area contributed by atoms with Gasteiger partial charge in [-0.05, 0) is 76.3 Å². The number of aromatic nitrogens is 1. The van der Waals surface area contributed by atoms with Crippen molar-refractivity contribution in [1.29, 1.82) is 0 Å². The largest absolute Gasteiger partial charge is 0.344 e. The van der Waals surface area contributed by atoms with Crippen molar-refractivity contribution < 1.29 is 0 Å². The van der Waals surface area contributed by atoms with Crippen LogP contribution in [0.15, 0.2) is 204 Å². The van der Waals surface area contributed by atoms with Gasteiger partial charge in [0, 0.05) is 47.8 Å². The fourth-order valence-electron chi connectivity index (χ4n) is 8.21. The maximum Gasteiger partial charge on any atom is 0.159 e. The van der Waals surface area contributed by atoms with Crippen LogP contribution in [0.4, 0.5) is 0 Å². The van der Waals surface area contributed by atoms with Crippen LogP contribution in [0.1, 0.15) is 22.9 Å². The Morgan fingerprint density at radius 3 is 2.02 bits per heavy atom. The normalized spacial score (nSPS) is 14.2. The van der Waals surface area contributed by atoms with Crippen molar-refractivity contribution in [2.75, 3.05) is 0 Å². The summed E-state index contributed by atoms with van der Waals surface area (Å²) in [6.45, 7) is 0. The van der Waals surface area contributed by atoms with Gasteiger partial charge in [0.05, 0.1) is 11.0 Å². The van der Waals surface area contributed by atoms with Gasteiger partial charge >= 0.3 is 0 Å². The van der Waals surface area contributed by atoms with E-state index < -0.39 is 0 Å². The highest BCUT2D eigenvalue weighted by Crippen LogP contribution is 2.41. The Morgan fingerprint density at radius 1 is 0.464 bits per heavy atom. The minimum Gasteiger partial charge on any atom is -0.344 e. The third-order valence-electron chi connectivity index (χ3n) is 10.9. The molecule has 0 fully saturated rings. The molecular weight excluding hydrogens is 701 g/mol. The van der Waals surface area contributed by atoms with Gasteiger partial charge in [0.15, 0.2) is 5.84 Å². The molecule has 264 valence electrons. The first-order valence-corrected chi connectivity index (χ1v) is 19.8. The number of nitrogens with zero attached hydrogens (tertiary/aromatic N) is 3. The van der Waals surface area contributed by atoms with E-state index in [9.17, 15) is 0 Å². The van der Waals surface area contributed by atoms with E-state index in [-0.39, 0.29) is 6.17 Å². The zero-order valence-electron chi connectivity index (χ0n) is 30.3. The number of para-hydroxylation sites is 1. The molecule has 10 aromatic rings. The first-order chi connectivity index (χ1) is 27.7. The number of thiophene rings is 1. The summed E-state index contributed by atoms with van der Waals surface area (Å²) in [5, 5.41) is 8.69. The van der Waals surface area contributed by atoms with Gasteiger partial charge in [-0.2, -0.15) is 0 Å². The molecular formula is C51H34N4S. The van der Waals surface area contributed by atoms with E-state index in [2.05, 4.69) is 198 Å². The lowest BCUT2D eigenvalue weighted by Gasteiger charge is -2.24. The Labute approximate surface area is 328 Å². The SMILES string of the molecule is c1ccc(-c2ccc3c(c2)c2c(-c4cccc(C5=NC(c6ccc7c(c6)sc6ccccc67)=NC(c6ccccc6)N5)c4)cccc2n3-c2ccccc2)cc1. The number of fused-ring (bicyclic) bond motifs is 6. The third-order valence-corrected chi connectivity index (χ3v) is 12.0. The van der Waals surface area contributed by atoms with Gasteiger partial charge < -0.3 is 9.88 Å². The van der Waals surface area contributed by atoms with Crippen LogP contribution in [-0.2, 0) is 0 Å². The minimum atomic E-state index is -0.288. The molecule has 0 saturated heterocycles. The van der Waals surface area contributed by atoms with Crippen LogP contribution in [0.5, 0.6) is 0 Å². The second-order valence-corrected chi connectivity index (χ2v) is 15.3. The molecule has 1 aliphatic heterocycles. The standard InChI is InChI=1S/C51H34N4S/c1-4-14-33(15-5-1)35-27-29-44-43(31-35)48-40(23-13-24-45(48)55(44)39-20-8-3-9-21-39)36-18-12-19-37(30-36)50-52-49(34-16-6-2-7-17-34)53-51(54-50)38-26-28-42-41-22-10-11-25-46(41)56-47(42)32-38/h1-32,49H,(H,52,53,54). The molecule has 56 heavy (non-hydrogen) atoms. The van der Waals surface area contributed by atoms with Crippen molar-refractivity contribution in [2.45, 2.75) is 6.17 Å². The summed E-state index contributed by atoms with van der Waals surface area (Å²) < 4.78 is 4.91. The number of benzene rings is 8. The lowest BCUT2D eigenvalue weighted by atomic mass is 9.96. The summed E-state index contributed by atoms with van der Waals surface area (Å²) in [4.78, 5) is 10.4. The lowest BCUT2D eigenvalue weighted by Crippen LogP contribution is -2.33. The monoisotopic (exact) mass is 734 g/mol. The van der Waals surface area contributed by atoms with E-state index in [0.717, 1.165) is 39.6 Å². The van der Waals surface area contributed by atoms with E-state index in [1.807, 2.05) is 17.4 Å². The summed E-state index contributed by atoms with van der Waals surface area (Å²) >= 11 is 1.81. The van der Waals surface area contributed by atoms with E-state index in [0.29, 0.717) is 0 Å². The molecule has 4 nitrogen and oxygen atoms in total. The zero-order chi connectivity index (χ0) is 37.0. The molecule has 11 rings (SSSR count). The van der Waals surface area contributed by atoms with Gasteiger partial charge in [0.25, 0.3) is 0 Å². The number of hydrogen-bond donors (Lipinski definition) is 1. The first-order valence-electron chi connectivity index (χ1n) is 18.9. The predicted octanol–water partition coefficient (Wildman–Crippen LogP) is 13.0. The summed E-state index contributed by atoms with van der Waals surface area (Å²) in [5.74, 6) is 1.52. The van der Waals surface area contributed by atoms with E-state index >= 15 is 0 Å². The molecule has 0 saturated carbocycles. The van der Waals surface area contributed by atoms with Gasteiger partial charge in [-0.1, -0.05) is 146 Å². The van der Waals surface area contributed by atoms with Crippen LogP contribution in [0.2, 0.25) is 0 Å². The van der Waals surface area contributed by atoms with Crippen molar-refractivity contribution in [3.8, 4) is 27.9 Å². The molecule has 0 radical (unpaired) electrons. The van der Waals surface area contributed by atoms with Gasteiger partial charge in [-0.3, -0.25) is 0 Å². The summed E-state index contributed by atoms with van der Waals surface area (Å²) in [6.07, 6.45) is -0.288. The van der Waals surface area contributed by atoms with Gasteiger partial charge in [0.1, 0.15) is 12.0 Å². The molecule has 2 aromatic heterocycles. The van der Waals surface area contributed by atoms with Gasteiger partial charge in [-0.25, -0.2) is 9.98 Å². The predicted molar refractivity (Wildman–Crippen MR) is 236 cm³/mol. The highest BCUT2D eigenvalue weighted by atomic mass is 32.1. The number of rotatable bonds is 6. The van der Waals surface area contributed by atoms with Crippen molar-refractivity contribution in [3.05, 3.63) is 211 Å². The Kier molecular flexibility index (Phi) is 7.71. The van der Waals surface area contributed by atoms with Crippen LogP contribution in [-0.4, -0.2) is 16.2 Å². The molecule has 1 N–H and O–H groups in total. The maximum absolute atomic E-state index is 5.25. The molecule has 1 unspecified atom stereocenters. The average Bonchev–Trinajstić information content (AvgIpc) is 3.82. The van der Waals surface area contributed by atoms with Gasteiger partial charge in [-0.15, -0.1) is 11.3 Å². The van der Waals surface area contributed by atoms with E-state index in [1.54, 1.807) is 0 Å². The quantitative estimate of drug-likeness (QED) is 0.182. The highest BCUT2D eigenvalue weighted by molar-refractivity contribution is 7.25. The zero-order valence-corrected chi connectivity index (χ0v) is 31.1. The number of aliphatic imine (C=N–C) groups is 2. The molecule has 3 heterocycles. The Bertz CT molecular complexity index is 3160. The lowest BCUT2D eigenvalue weighted by molar-refractivity contribution is 0.674. The minimum absolute atomic E-state index is 0.288. The smallest absolute Gasteiger partial charge is 0.159 e. The third kappa shape index (κ3) is 5.52. The van der Waals surface area contributed by atoms with Crippen molar-refractivity contribution >= 4 is 65.0 Å². The Hall–Kier alpha value is -7.08. The summed E-state index contributed by atoms with van der Waals surface area (Å²) in [5.41, 5.74) is 11.3. The summed E-state index contributed by atoms with van der Waals surface area (Å²) in [7, 11) is 0. The number of hydrogen-bond acceptors (Lipinski definition) is 4. The van der Waals surface area contributed by atoms with E-state index in [4.69, 9.17) is 9.98 Å². The molecule has 5 heteroatoms. The topological polar surface area (TPSA) is 41.7 Å². The van der Waals surface area contributed by atoms with Crippen LogP contribution < -0.4 is 5.32 Å². The second-order valence-electron chi connectivity index (χ2n) is 14.2. The van der Waals surface area contributed by atoms with Crippen molar-refractivity contribution in [1.82, 2.24) is 9.88 Å². The van der Waals surface area contributed by atoms with Crippen LogP contribution in [0, 0.1) is 0 Å². The molecule has 0 spiro atoms. The molecule has 1 atom stereocenters.